The second kappa shape index (κ2) is 8.62. The number of hydrogen-bond acceptors (Lipinski definition) is 2. The van der Waals surface area contributed by atoms with E-state index in [0.717, 1.165) is 36.1 Å². The van der Waals surface area contributed by atoms with Crippen LogP contribution in [0, 0.1) is 0 Å². The SMILES string of the molecule is NC1(c2cccc3ccccc23)CCc2c(ccc3c2cc(Oc2cccc(Cl)c2)c2ccccc23)C1. The maximum Gasteiger partial charge on any atom is 0.135 e. The molecule has 180 valence electrons. The Hall–Kier alpha value is -3.85. The highest BCUT2D eigenvalue weighted by atomic mass is 35.5. The van der Waals surface area contributed by atoms with E-state index in [9.17, 15) is 0 Å². The van der Waals surface area contributed by atoms with Crippen molar-refractivity contribution in [3.63, 3.8) is 0 Å². The number of benzene rings is 6. The van der Waals surface area contributed by atoms with Crippen molar-refractivity contribution in [2.75, 3.05) is 0 Å². The van der Waals surface area contributed by atoms with Crippen molar-refractivity contribution >= 4 is 43.9 Å². The smallest absolute Gasteiger partial charge is 0.135 e. The van der Waals surface area contributed by atoms with E-state index in [0.29, 0.717) is 5.02 Å². The molecule has 1 unspecified atom stereocenters. The van der Waals surface area contributed by atoms with Gasteiger partial charge < -0.3 is 10.5 Å². The fourth-order valence-corrected chi connectivity index (χ4v) is 6.30. The molecule has 0 radical (unpaired) electrons. The summed E-state index contributed by atoms with van der Waals surface area (Å²) in [7, 11) is 0. The zero-order valence-corrected chi connectivity index (χ0v) is 21.1. The quantitative estimate of drug-likeness (QED) is 0.247. The Morgan fingerprint density at radius 2 is 1.41 bits per heavy atom. The first-order valence-electron chi connectivity index (χ1n) is 12.8. The van der Waals surface area contributed by atoms with Gasteiger partial charge in [-0.25, -0.2) is 0 Å². The van der Waals surface area contributed by atoms with Crippen LogP contribution in [-0.2, 0) is 18.4 Å². The lowest BCUT2D eigenvalue weighted by atomic mass is 9.72. The predicted octanol–water partition coefficient (Wildman–Crippen LogP) is 8.93. The number of halogens is 1. The largest absolute Gasteiger partial charge is 0.457 e. The Morgan fingerprint density at radius 3 is 2.27 bits per heavy atom. The first-order chi connectivity index (χ1) is 18.1. The van der Waals surface area contributed by atoms with Gasteiger partial charge in [-0.15, -0.1) is 0 Å². The number of nitrogens with two attached hydrogens (primary N) is 1. The third kappa shape index (κ3) is 3.76. The summed E-state index contributed by atoms with van der Waals surface area (Å²) in [5.41, 5.74) is 10.7. The topological polar surface area (TPSA) is 35.2 Å². The number of ether oxygens (including phenoxy) is 1. The van der Waals surface area contributed by atoms with Gasteiger partial charge in [-0.1, -0.05) is 96.5 Å². The molecule has 0 bridgehead atoms. The molecule has 1 atom stereocenters. The first-order valence-corrected chi connectivity index (χ1v) is 13.1. The van der Waals surface area contributed by atoms with Gasteiger partial charge in [-0.3, -0.25) is 0 Å². The van der Waals surface area contributed by atoms with Crippen LogP contribution in [0.1, 0.15) is 23.1 Å². The van der Waals surface area contributed by atoms with Crippen molar-refractivity contribution in [3.8, 4) is 11.5 Å². The predicted molar refractivity (Wildman–Crippen MR) is 155 cm³/mol. The molecule has 6 aromatic rings. The number of fused-ring (bicyclic) bond motifs is 6. The summed E-state index contributed by atoms with van der Waals surface area (Å²) < 4.78 is 6.42. The number of aryl methyl sites for hydroxylation is 1. The number of rotatable bonds is 3. The summed E-state index contributed by atoms with van der Waals surface area (Å²) in [4.78, 5) is 0. The van der Waals surface area contributed by atoms with Gasteiger partial charge in [-0.05, 0) is 87.1 Å². The van der Waals surface area contributed by atoms with E-state index in [4.69, 9.17) is 22.1 Å². The maximum atomic E-state index is 7.20. The molecule has 6 aromatic carbocycles. The molecule has 0 fully saturated rings. The van der Waals surface area contributed by atoms with Crippen LogP contribution < -0.4 is 10.5 Å². The fraction of sp³-hybridized carbons (Fsp3) is 0.118. The highest BCUT2D eigenvalue weighted by Gasteiger charge is 2.34. The summed E-state index contributed by atoms with van der Waals surface area (Å²) in [6.07, 6.45) is 2.62. The molecule has 7 rings (SSSR count). The minimum Gasteiger partial charge on any atom is -0.457 e. The molecule has 0 aliphatic heterocycles. The van der Waals surface area contributed by atoms with Crippen LogP contribution in [0.25, 0.3) is 32.3 Å². The van der Waals surface area contributed by atoms with Gasteiger partial charge >= 0.3 is 0 Å². The Kier molecular flexibility index (Phi) is 5.21. The summed E-state index contributed by atoms with van der Waals surface area (Å²) in [6, 6.07) is 37.8. The van der Waals surface area contributed by atoms with E-state index >= 15 is 0 Å². The molecule has 37 heavy (non-hydrogen) atoms. The van der Waals surface area contributed by atoms with Crippen molar-refractivity contribution in [2.45, 2.75) is 24.8 Å². The average molecular weight is 500 g/mol. The maximum absolute atomic E-state index is 7.20. The van der Waals surface area contributed by atoms with Crippen LogP contribution in [0.4, 0.5) is 0 Å². The molecular formula is C34H26ClNO. The van der Waals surface area contributed by atoms with Crippen LogP contribution in [0.5, 0.6) is 11.5 Å². The summed E-state index contributed by atoms with van der Waals surface area (Å²) >= 11 is 6.24. The third-order valence-electron chi connectivity index (χ3n) is 7.89. The minimum atomic E-state index is -0.404. The molecule has 0 amide bonds. The van der Waals surface area contributed by atoms with Crippen molar-refractivity contribution in [3.05, 3.63) is 131 Å². The third-order valence-corrected chi connectivity index (χ3v) is 8.12. The Labute approximate surface area is 221 Å². The first kappa shape index (κ1) is 22.4. The van der Waals surface area contributed by atoms with Crippen molar-refractivity contribution in [2.24, 2.45) is 5.73 Å². The highest BCUT2D eigenvalue weighted by Crippen LogP contribution is 2.43. The molecule has 0 heterocycles. The van der Waals surface area contributed by atoms with Crippen LogP contribution >= 0.6 is 11.6 Å². The van der Waals surface area contributed by atoms with Gasteiger partial charge in [0.05, 0.1) is 0 Å². The summed E-state index contributed by atoms with van der Waals surface area (Å²) in [5, 5.41) is 7.93. The molecule has 0 spiro atoms. The summed E-state index contributed by atoms with van der Waals surface area (Å²) in [5.74, 6) is 1.58. The lowest BCUT2D eigenvalue weighted by Gasteiger charge is -2.37. The molecule has 1 aliphatic rings. The Balaban J connectivity index is 1.37. The van der Waals surface area contributed by atoms with E-state index in [1.54, 1.807) is 0 Å². The van der Waals surface area contributed by atoms with Gasteiger partial charge in [0, 0.05) is 15.9 Å². The van der Waals surface area contributed by atoms with E-state index < -0.39 is 5.54 Å². The van der Waals surface area contributed by atoms with E-state index in [-0.39, 0.29) is 0 Å². The van der Waals surface area contributed by atoms with Crippen molar-refractivity contribution in [1.29, 1.82) is 0 Å². The lowest BCUT2D eigenvalue weighted by Crippen LogP contribution is -2.42. The van der Waals surface area contributed by atoms with E-state index in [1.165, 1.54) is 43.6 Å². The standard InChI is InChI=1S/C34H26ClNO/c35-24-9-6-10-25(19-24)37-33-20-31-26-17-18-34(36,32-14-5-8-22-7-1-2-11-27(22)32)21-23(26)15-16-29(31)28-12-3-4-13-30(28)33/h1-16,19-20H,17-18,21,36H2. The normalized spacial score (nSPS) is 17.2. The molecule has 2 nitrogen and oxygen atoms in total. The Bertz CT molecular complexity index is 1820. The molecule has 3 heteroatoms. The van der Waals surface area contributed by atoms with Crippen molar-refractivity contribution in [1.82, 2.24) is 0 Å². The second-order valence-electron chi connectivity index (χ2n) is 10.1. The van der Waals surface area contributed by atoms with Gasteiger partial charge in [0.15, 0.2) is 0 Å². The van der Waals surface area contributed by atoms with Gasteiger partial charge in [-0.2, -0.15) is 0 Å². The van der Waals surface area contributed by atoms with Gasteiger partial charge in [0.25, 0.3) is 0 Å². The zero-order chi connectivity index (χ0) is 25.0. The van der Waals surface area contributed by atoms with Gasteiger partial charge in [0.2, 0.25) is 0 Å². The minimum absolute atomic E-state index is 0.404. The molecule has 1 aliphatic carbocycles. The molecule has 0 saturated carbocycles. The summed E-state index contributed by atoms with van der Waals surface area (Å²) in [6.45, 7) is 0. The van der Waals surface area contributed by atoms with Crippen LogP contribution in [0.3, 0.4) is 0 Å². The van der Waals surface area contributed by atoms with Crippen LogP contribution in [-0.4, -0.2) is 0 Å². The lowest BCUT2D eigenvalue weighted by molar-refractivity contribution is 0.389. The molecule has 0 aromatic heterocycles. The molecular weight excluding hydrogens is 474 g/mol. The average Bonchev–Trinajstić information content (AvgIpc) is 2.92. The highest BCUT2D eigenvalue weighted by molar-refractivity contribution is 6.30. The fourth-order valence-electron chi connectivity index (χ4n) is 6.12. The monoisotopic (exact) mass is 499 g/mol. The molecule has 2 N–H and O–H groups in total. The number of hydrogen-bond donors (Lipinski definition) is 1. The Morgan fingerprint density at radius 1 is 0.676 bits per heavy atom. The zero-order valence-electron chi connectivity index (χ0n) is 20.4. The van der Waals surface area contributed by atoms with Gasteiger partial charge in [0.1, 0.15) is 11.5 Å². The second-order valence-corrected chi connectivity index (χ2v) is 10.6. The molecule has 0 saturated heterocycles. The van der Waals surface area contributed by atoms with E-state index in [1.807, 2.05) is 24.3 Å². The van der Waals surface area contributed by atoms with Crippen molar-refractivity contribution < 1.29 is 4.74 Å². The van der Waals surface area contributed by atoms with Crippen LogP contribution in [0.15, 0.2) is 109 Å². The van der Waals surface area contributed by atoms with E-state index in [2.05, 4.69) is 84.9 Å². The van der Waals surface area contributed by atoms with Crippen LogP contribution in [0.2, 0.25) is 5.02 Å².